The Morgan fingerprint density at radius 1 is 0.853 bits per heavy atom. The number of hydrogen-bond donors (Lipinski definition) is 7. The van der Waals surface area contributed by atoms with Crippen LogP contribution in [-0.4, -0.2) is 70.6 Å². The van der Waals surface area contributed by atoms with E-state index in [2.05, 4.69) is 16.0 Å². The van der Waals surface area contributed by atoms with Gasteiger partial charge in [0.05, 0.1) is 12.5 Å². The highest BCUT2D eigenvalue weighted by atomic mass is 16.4. The van der Waals surface area contributed by atoms with Gasteiger partial charge in [-0.2, -0.15) is 0 Å². The molecule has 1 aromatic carbocycles. The minimum atomic E-state index is -1.56. The van der Waals surface area contributed by atoms with E-state index < -0.39 is 60.2 Å². The lowest BCUT2D eigenvalue weighted by molar-refractivity contribution is -0.143. The van der Waals surface area contributed by atoms with Crippen LogP contribution in [-0.2, 0) is 30.4 Å². The SMILES string of the molecule is CC(N)C(=O)NC(CCCCN)C(=O)NC(CC(=O)O)C(=O)NC(Cc1ccccc1)C(=O)O. The lowest BCUT2D eigenvalue weighted by Gasteiger charge is -2.24. The number of carbonyl (C=O) groups excluding carboxylic acids is 3. The number of nitrogens with two attached hydrogens (primary N) is 2. The zero-order chi connectivity index (χ0) is 25.7. The molecule has 1 rings (SSSR count). The highest BCUT2D eigenvalue weighted by Gasteiger charge is 2.31. The quantitative estimate of drug-likeness (QED) is 0.149. The average molecular weight is 480 g/mol. The molecule has 12 nitrogen and oxygen atoms in total. The van der Waals surface area contributed by atoms with Crippen LogP contribution in [0.25, 0.3) is 0 Å². The molecule has 34 heavy (non-hydrogen) atoms. The summed E-state index contributed by atoms with van der Waals surface area (Å²) in [6.45, 7) is 1.81. The van der Waals surface area contributed by atoms with Crippen molar-refractivity contribution in [1.29, 1.82) is 0 Å². The van der Waals surface area contributed by atoms with Gasteiger partial charge >= 0.3 is 11.9 Å². The predicted octanol–water partition coefficient (Wildman–Crippen LogP) is -1.28. The molecule has 0 aliphatic carbocycles. The molecule has 0 saturated heterocycles. The van der Waals surface area contributed by atoms with E-state index >= 15 is 0 Å². The topological polar surface area (TPSA) is 214 Å². The van der Waals surface area contributed by atoms with Gasteiger partial charge in [-0.3, -0.25) is 19.2 Å². The number of amides is 3. The van der Waals surface area contributed by atoms with Gasteiger partial charge in [0, 0.05) is 6.42 Å². The number of aliphatic carboxylic acids is 2. The molecule has 0 spiro atoms. The van der Waals surface area contributed by atoms with Crippen LogP contribution in [0.4, 0.5) is 0 Å². The van der Waals surface area contributed by atoms with Crippen molar-refractivity contribution in [2.75, 3.05) is 6.54 Å². The van der Waals surface area contributed by atoms with Crippen molar-refractivity contribution in [2.45, 2.75) is 63.2 Å². The first-order valence-corrected chi connectivity index (χ1v) is 10.9. The predicted molar refractivity (Wildman–Crippen MR) is 122 cm³/mol. The second kappa shape index (κ2) is 14.6. The lowest BCUT2D eigenvalue weighted by Crippen LogP contribution is -2.57. The largest absolute Gasteiger partial charge is 0.481 e. The molecule has 12 heteroatoms. The Morgan fingerprint density at radius 2 is 1.41 bits per heavy atom. The number of rotatable bonds is 15. The molecule has 9 N–H and O–H groups in total. The van der Waals surface area contributed by atoms with Crippen molar-refractivity contribution >= 4 is 29.7 Å². The Balaban J connectivity index is 2.97. The smallest absolute Gasteiger partial charge is 0.326 e. The van der Waals surface area contributed by atoms with Crippen molar-refractivity contribution in [1.82, 2.24) is 16.0 Å². The van der Waals surface area contributed by atoms with Crippen LogP contribution in [0.2, 0.25) is 0 Å². The maximum atomic E-state index is 12.8. The van der Waals surface area contributed by atoms with E-state index in [1.165, 1.54) is 6.92 Å². The van der Waals surface area contributed by atoms with E-state index in [9.17, 15) is 34.2 Å². The Bertz CT molecular complexity index is 847. The molecule has 0 aliphatic rings. The fourth-order valence-corrected chi connectivity index (χ4v) is 3.04. The van der Waals surface area contributed by atoms with Crippen LogP contribution in [0, 0.1) is 0 Å². The molecule has 4 atom stereocenters. The summed E-state index contributed by atoms with van der Waals surface area (Å²) in [4.78, 5) is 60.5. The van der Waals surface area contributed by atoms with Gasteiger partial charge < -0.3 is 37.6 Å². The Morgan fingerprint density at radius 3 is 1.94 bits per heavy atom. The van der Waals surface area contributed by atoms with E-state index in [0.29, 0.717) is 24.9 Å². The van der Waals surface area contributed by atoms with Gasteiger partial charge in [-0.15, -0.1) is 0 Å². The van der Waals surface area contributed by atoms with E-state index in [1.807, 2.05) is 0 Å². The normalized spacial score (nSPS) is 14.2. The zero-order valence-electron chi connectivity index (χ0n) is 19.0. The number of carboxylic acid groups (broad SMARTS) is 2. The van der Waals surface area contributed by atoms with Crippen LogP contribution in [0.3, 0.4) is 0 Å². The second-order valence-electron chi connectivity index (χ2n) is 7.88. The van der Waals surface area contributed by atoms with Gasteiger partial charge in [-0.1, -0.05) is 30.3 Å². The van der Waals surface area contributed by atoms with Crippen LogP contribution in [0.5, 0.6) is 0 Å². The molecule has 0 fully saturated rings. The molecular weight excluding hydrogens is 446 g/mol. The third-order valence-corrected chi connectivity index (χ3v) is 4.90. The summed E-state index contributed by atoms with van der Waals surface area (Å²) in [6.07, 6.45) is 0.431. The molecule has 3 amide bonds. The number of hydrogen-bond acceptors (Lipinski definition) is 7. The maximum Gasteiger partial charge on any atom is 0.326 e. The van der Waals surface area contributed by atoms with Gasteiger partial charge in [0.2, 0.25) is 17.7 Å². The Kier molecular flexibility index (Phi) is 12.2. The maximum absolute atomic E-state index is 12.8. The van der Waals surface area contributed by atoms with Crippen molar-refractivity contribution < 1.29 is 34.2 Å². The summed E-state index contributed by atoms with van der Waals surface area (Å²) in [5, 5.41) is 25.8. The van der Waals surface area contributed by atoms with Crippen LogP contribution in [0.1, 0.15) is 38.2 Å². The molecular formula is C22H33N5O7. The minimum absolute atomic E-state index is 0.0399. The summed E-state index contributed by atoms with van der Waals surface area (Å²) < 4.78 is 0. The average Bonchev–Trinajstić information content (AvgIpc) is 2.77. The number of nitrogens with one attached hydrogen (secondary N) is 3. The number of benzene rings is 1. The van der Waals surface area contributed by atoms with E-state index in [0.717, 1.165) is 0 Å². The Hall–Kier alpha value is -3.51. The van der Waals surface area contributed by atoms with Gasteiger partial charge in [0.15, 0.2) is 0 Å². The molecule has 0 aliphatic heterocycles. The van der Waals surface area contributed by atoms with Crippen LogP contribution >= 0.6 is 0 Å². The van der Waals surface area contributed by atoms with Crippen molar-refractivity contribution in [2.24, 2.45) is 11.5 Å². The number of carboxylic acids is 2. The van der Waals surface area contributed by atoms with Gasteiger partial charge in [0.1, 0.15) is 18.1 Å². The molecule has 0 saturated carbocycles. The highest BCUT2D eigenvalue weighted by Crippen LogP contribution is 2.06. The van der Waals surface area contributed by atoms with Gasteiger partial charge in [0.25, 0.3) is 0 Å². The van der Waals surface area contributed by atoms with E-state index in [4.69, 9.17) is 11.5 Å². The molecule has 4 unspecified atom stereocenters. The van der Waals surface area contributed by atoms with Crippen LogP contribution in [0.15, 0.2) is 30.3 Å². The second-order valence-corrected chi connectivity index (χ2v) is 7.88. The molecule has 1 aromatic rings. The summed E-state index contributed by atoms with van der Waals surface area (Å²) in [5.41, 5.74) is 11.7. The third-order valence-electron chi connectivity index (χ3n) is 4.90. The number of unbranched alkanes of at least 4 members (excludes halogenated alkanes) is 1. The van der Waals surface area contributed by atoms with Gasteiger partial charge in [-0.05, 0) is 38.3 Å². The summed E-state index contributed by atoms with van der Waals surface area (Å²) in [7, 11) is 0. The monoisotopic (exact) mass is 479 g/mol. The Labute approximate surface area is 197 Å². The first kappa shape index (κ1) is 28.5. The highest BCUT2D eigenvalue weighted by molar-refractivity contribution is 5.95. The van der Waals surface area contributed by atoms with E-state index in [-0.39, 0.29) is 12.8 Å². The summed E-state index contributed by atoms with van der Waals surface area (Å²) in [6, 6.07) is 3.68. The van der Waals surface area contributed by atoms with Gasteiger partial charge in [-0.25, -0.2) is 4.79 Å². The molecule has 188 valence electrons. The summed E-state index contributed by atoms with van der Waals surface area (Å²) >= 11 is 0. The molecule has 0 radical (unpaired) electrons. The molecule has 0 aromatic heterocycles. The fraction of sp³-hybridized carbons (Fsp3) is 0.500. The number of carbonyl (C=O) groups is 5. The lowest BCUT2D eigenvalue weighted by atomic mass is 10.0. The van der Waals surface area contributed by atoms with Crippen molar-refractivity contribution in [3.8, 4) is 0 Å². The van der Waals surface area contributed by atoms with E-state index in [1.54, 1.807) is 30.3 Å². The van der Waals surface area contributed by atoms with Crippen LogP contribution < -0.4 is 27.4 Å². The third kappa shape index (κ3) is 10.4. The first-order valence-electron chi connectivity index (χ1n) is 10.9. The minimum Gasteiger partial charge on any atom is -0.481 e. The molecule has 0 bridgehead atoms. The standard InChI is InChI=1S/C22H33N5O7/c1-13(24)19(30)25-15(9-5-6-10-23)20(31)26-16(12-18(28)29)21(32)27-17(22(33)34)11-14-7-3-2-4-8-14/h2-4,7-8,13,15-17H,5-6,9-12,23-24H2,1H3,(H,25,30)(H,26,31)(H,27,32)(H,28,29)(H,33,34). The van der Waals surface area contributed by atoms with Crippen molar-refractivity contribution in [3.63, 3.8) is 0 Å². The zero-order valence-corrected chi connectivity index (χ0v) is 19.0. The molecule has 0 heterocycles. The fourth-order valence-electron chi connectivity index (χ4n) is 3.04. The summed E-state index contributed by atoms with van der Waals surface area (Å²) in [5.74, 6) is -5.06. The van der Waals surface area contributed by atoms with Crippen molar-refractivity contribution in [3.05, 3.63) is 35.9 Å². The first-order chi connectivity index (χ1) is 16.0.